The average molecular weight is 311 g/mol. The lowest BCUT2D eigenvalue weighted by atomic mass is 9.97. The number of thiazole rings is 1. The largest absolute Gasteiger partial charge is 0.484 e. The number of halogens is 1. The van der Waals surface area contributed by atoms with Crippen molar-refractivity contribution in [1.29, 1.82) is 0 Å². The van der Waals surface area contributed by atoms with Gasteiger partial charge in [-0.1, -0.05) is 15.9 Å². The molecule has 2 atom stereocenters. The van der Waals surface area contributed by atoms with Crippen molar-refractivity contribution in [3.05, 3.63) is 44.8 Å². The van der Waals surface area contributed by atoms with Crippen molar-refractivity contribution in [3.63, 3.8) is 0 Å². The van der Waals surface area contributed by atoms with Crippen molar-refractivity contribution in [2.75, 3.05) is 0 Å². The van der Waals surface area contributed by atoms with E-state index in [4.69, 9.17) is 10.5 Å². The van der Waals surface area contributed by atoms with E-state index in [-0.39, 0.29) is 12.1 Å². The van der Waals surface area contributed by atoms with Crippen LogP contribution in [0.5, 0.6) is 5.75 Å². The number of hydrogen-bond donors (Lipinski definition) is 1. The van der Waals surface area contributed by atoms with Gasteiger partial charge in [-0.25, -0.2) is 0 Å². The van der Waals surface area contributed by atoms with Crippen molar-refractivity contribution < 1.29 is 4.74 Å². The van der Waals surface area contributed by atoms with Crippen LogP contribution in [0, 0.1) is 0 Å². The molecule has 0 radical (unpaired) electrons. The Morgan fingerprint density at radius 3 is 3.12 bits per heavy atom. The van der Waals surface area contributed by atoms with Crippen molar-refractivity contribution in [2.45, 2.75) is 18.6 Å². The first-order chi connectivity index (χ1) is 8.24. The molecule has 1 aromatic heterocycles. The van der Waals surface area contributed by atoms with Gasteiger partial charge in [0.05, 0.1) is 10.4 Å². The van der Waals surface area contributed by atoms with Crippen LogP contribution in [0.1, 0.15) is 29.0 Å². The second-order valence-corrected chi connectivity index (χ2v) is 5.87. The maximum absolute atomic E-state index is 6.20. The van der Waals surface area contributed by atoms with Crippen molar-refractivity contribution in [3.8, 4) is 5.75 Å². The Kier molecular flexibility index (Phi) is 2.90. The Hall–Kier alpha value is -0.910. The second kappa shape index (κ2) is 4.40. The first kappa shape index (κ1) is 11.2. The van der Waals surface area contributed by atoms with Gasteiger partial charge >= 0.3 is 0 Å². The second-order valence-electron chi connectivity index (χ2n) is 4.03. The van der Waals surface area contributed by atoms with Crippen molar-refractivity contribution >= 4 is 27.3 Å². The molecule has 2 N–H and O–H groups in total. The molecule has 17 heavy (non-hydrogen) atoms. The highest BCUT2D eigenvalue weighted by Crippen LogP contribution is 2.41. The Bertz CT molecular complexity index is 529. The maximum atomic E-state index is 6.20. The van der Waals surface area contributed by atoms with Gasteiger partial charge in [-0.2, -0.15) is 0 Å². The third-order valence-corrected chi connectivity index (χ3v) is 4.24. The molecule has 0 spiro atoms. The molecular formula is C12H11BrN2OS. The highest BCUT2D eigenvalue weighted by atomic mass is 79.9. The molecule has 0 aliphatic carbocycles. The molecule has 0 fully saturated rings. The zero-order chi connectivity index (χ0) is 11.8. The van der Waals surface area contributed by atoms with Gasteiger partial charge in [0.2, 0.25) is 0 Å². The van der Waals surface area contributed by atoms with Gasteiger partial charge in [-0.05, 0) is 18.2 Å². The lowest BCUT2D eigenvalue weighted by Crippen LogP contribution is -2.23. The van der Waals surface area contributed by atoms with Crippen LogP contribution >= 0.6 is 27.3 Å². The number of hydrogen-bond acceptors (Lipinski definition) is 4. The number of aromatic nitrogens is 1. The molecule has 1 aliphatic rings. The molecule has 2 heterocycles. The fraction of sp³-hybridized carbons (Fsp3) is 0.250. The topological polar surface area (TPSA) is 48.1 Å². The first-order valence-electron chi connectivity index (χ1n) is 5.34. The molecule has 1 aromatic carbocycles. The van der Waals surface area contributed by atoms with E-state index >= 15 is 0 Å². The van der Waals surface area contributed by atoms with E-state index in [0.29, 0.717) is 0 Å². The van der Waals surface area contributed by atoms with E-state index in [9.17, 15) is 0 Å². The Labute approximate surface area is 112 Å². The molecule has 1 unspecified atom stereocenters. The number of rotatable bonds is 1. The van der Waals surface area contributed by atoms with Gasteiger partial charge in [-0.3, -0.25) is 4.98 Å². The van der Waals surface area contributed by atoms with Crippen molar-refractivity contribution in [2.24, 2.45) is 5.73 Å². The van der Waals surface area contributed by atoms with Gasteiger partial charge in [0, 0.05) is 28.7 Å². The number of benzene rings is 1. The van der Waals surface area contributed by atoms with E-state index < -0.39 is 0 Å². The van der Waals surface area contributed by atoms with Gasteiger partial charge < -0.3 is 10.5 Å². The lowest BCUT2D eigenvalue weighted by molar-refractivity contribution is 0.164. The summed E-state index contributed by atoms with van der Waals surface area (Å²) < 4.78 is 7.01. The van der Waals surface area contributed by atoms with Gasteiger partial charge in [-0.15, -0.1) is 11.3 Å². The van der Waals surface area contributed by atoms with E-state index in [2.05, 4.69) is 20.9 Å². The smallest absolute Gasteiger partial charge is 0.136 e. The van der Waals surface area contributed by atoms with E-state index in [1.54, 1.807) is 11.3 Å². The van der Waals surface area contributed by atoms with E-state index in [0.717, 1.165) is 27.1 Å². The average Bonchev–Trinajstić information content (AvgIpc) is 2.83. The summed E-state index contributed by atoms with van der Waals surface area (Å²) in [6.07, 6.45) is 2.68. The zero-order valence-electron chi connectivity index (χ0n) is 8.97. The minimum Gasteiger partial charge on any atom is -0.484 e. The highest BCUT2D eigenvalue weighted by Gasteiger charge is 2.27. The van der Waals surface area contributed by atoms with Crippen LogP contribution in [0.4, 0.5) is 0 Å². The van der Waals surface area contributed by atoms with Crippen LogP contribution in [0.2, 0.25) is 0 Å². The number of nitrogens with two attached hydrogens (primary N) is 1. The molecule has 88 valence electrons. The van der Waals surface area contributed by atoms with Gasteiger partial charge in [0.1, 0.15) is 11.9 Å². The van der Waals surface area contributed by atoms with Gasteiger partial charge in [0.15, 0.2) is 0 Å². The molecule has 0 bridgehead atoms. The molecular weight excluding hydrogens is 300 g/mol. The predicted octanol–water partition coefficient (Wildman–Crippen LogP) is 3.43. The number of fused-ring (bicyclic) bond motifs is 1. The summed E-state index contributed by atoms with van der Waals surface area (Å²) in [4.78, 5) is 5.22. The summed E-state index contributed by atoms with van der Waals surface area (Å²) in [6, 6.07) is 5.99. The summed E-state index contributed by atoms with van der Waals surface area (Å²) in [5, 5.41) is 0. The molecule has 0 amide bonds. The monoisotopic (exact) mass is 310 g/mol. The van der Waals surface area contributed by atoms with Crippen LogP contribution in [0.25, 0.3) is 0 Å². The first-order valence-corrected chi connectivity index (χ1v) is 7.01. The van der Waals surface area contributed by atoms with Crippen LogP contribution in [-0.2, 0) is 0 Å². The molecule has 0 saturated carbocycles. The van der Waals surface area contributed by atoms with Crippen LogP contribution in [0.3, 0.4) is 0 Å². The molecule has 1 aliphatic heterocycles. The normalized spacial score (nSPS) is 22.9. The van der Waals surface area contributed by atoms with Crippen LogP contribution < -0.4 is 10.5 Å². The van der Waals surface area contributed by atoms with Crippen LogP contribution in [-0.4, -0.2) is 4.98 Å². The predicted molar refractivity (Wildman–Crippen MR) is 71.2 cm³/mol. The summed E-state index contributed by atoms with van der Waals surface area (Å²) in [5.74, 6) is 0.880. The fourth-order valence-electron chi connectivity index (χ4n) is 2.03. The SMILES string of the molecule is N[C@@H]1CC(c2cncs2)Oc2ccc(Br)cc21. The summed E-state index contributed by atoms with van der Waals surface area (Å²) in [7, 11) is 0. The third-order valence-electron chi connectivity index (χ3n) is 2.88. The van der Waals surface area contributed by atoms with E-state index in [1.165, 1.54) is 0 Å². The Morgan fingerprint density at radius 1 is 1.47 bits per heavy atom. The molecule has 3 rings (SSSR count). The van der Waals surface area contributed by atoms with Crippen molar-refractivity contribution in [1.82, 2.24) is 4.98 Å². The number of nitrogens with zero attached hydrogens (tertiary/aromatic N) is 1. The molecule has 3 nitrogen and oxygen atoms in total. The molecule has 0 saturated heterocycles. The Morgan fingerprint density at radius 2 is 2.35 bits per heavy atom. The summed E-state index contributed by atoms with van der Waals surface area (Å²) >= 11 is 5.06. The lowest BCUT2D eigenvalue weighted by Gasteiger charge is -2.29. The summed E-state index contributed by atoms with van der Waals surface area (Å²) in [6.45, 7) is 0. The summed E-state index contributed by atoms with van der Waals surface area (Å²) in [5.41, 5.74) is 9.09. The van der Waals surface area contributed by atoms with E-state index in [1.807, 2.05) is 29.9 Å². The Balaban J connectivity index is 1.96. The zero-order valence-corrected chi connectivity index (χ0v) is 11.4. The minimum absolute atomic E-state index is 0.0170. The standard InChI is InChI=1S/C12H11BrN2OS/c13-7-1-2-10-8(3-7)9(14)4-11(16-10)12-5-15-6-17-12/h1-3,5-6,9,11H,4,14H2/t9-,11?/m1/s1. The van der Waals surface area contributed by atoms with Gasteiger partial charge in [0.25, 0.3) is 0 Å². The van der Waals surface area contributed by atoms with Crippen LogP contribution in [0.15, 0.2) is 34.4 Å². The molecule has 2 aromatic rings. The third kappa shape index (κ3) is 2.10. The highest BCUT2D eigenvalue weighted by molar-refractivity contribution is 9.10. The quantitative estimate of drug-likeness (QED) is 0.878. The maximum Gasteiger partial charge on any atom is 0.136 e. The fourth-order valence-corrected chi connectivity index (χ4v) is 3.07. The minimum atomic E-state index is 0.0170. The molecule has 5 heteroatoms. The number of ether oxygens (including phenoxy) is 1.